The number of benzene rings is 3. The van der Waals surface area contributed by atoms with E-state index in [0.29, 0.717) is 23.0 Å². The van der Waals surface area contributed by atoms with E-state index in [0.717, 1.165) is 44.3 Å². The molecule has 2 N–H and O–H groups in total. The molecule has 0 radical (unpaired) electrons. The number of hydrogen-bond donors (Lipinski definition) is 2. The molecule has 3 aromatic carbocycles. The normalized spacial score (nSPS) is 12.4. The summed E-state index contributed by atoms with van der Waals surface area (Å²) in [6, 6.07) is 21.3. The maximum atomic E-state index is 12.7. The number of nitrogens with one attached hydrogen (secondary N) is 2. The number of fused-ring (bicyclic) bond motifs is 4. The quantitative estimate of drug-likeness (QED) is 0.284. The smallest absolute Gasteiger partial charge is 0.244 e. The Hall–Kier alpha value is -4.98. The van der Waals surface area contributed by atoms with E-state index >= 15 is 0 Å². The molecule has 0 bridgehead atoms. The van der Waals surface area contributed by atoms with Gasteiger partial charge in [-0.1, -0.05) is 18.2 Å². The fourth-order valence-electron chi connectivity index (χ4n) is 4.61. The van der Waals surface area contributed by atoms with Gasteiger partial charge >= 0.3 is 0 Å². The van der Waals surface area contributed by atoms with Gasteiger partial charge in [-0.25, -0.2) is 4.98 Å². The fraction of sp³-hybridized carbons (Fsp3) is 0.133. The van der Waals surface area contributed by atoms with Gasteiger partial charge in [0.25, 0.3) is 0 Å². The van der Waals surface area contributed by atoms with Crippen molar-refractivity contribution in [1.82, 2.24) is 15.3 Å². The van der Waals surface area contributed by atoms with Crippen LogP contribution in [0.4, 0.5) is 0 Å². The molecule has 0 saturated heterocycles. The number of aromatic nitrogens is 2. The molecule has 2 aromatic heterocycles. The SMILES string of the molecule is COc1ccc(OC)c(/C=C/C(=O)NCc2cc3c([nH]c4ccccc43)c(-c3ccc4c(c3)OCO4)n2)c1. The summed E-state index contributed by atoms with van der Waals surface area (Å²) in [5.41, 5.74) is 5.08. The molecule has 6 rings (SSSR count). The summed E-state index contributed by atoms with van der Waals surface area (Å²) >= 11 is 0. The number of ether oxygens (including phenoxy) is 4. The second-order valence-corrected chi connectivity index (χ2v) is 8.78. The summed E-state index contributed by atoms with van der Waals surface area (Å²) in [7, 11) is 3.18. The number of aromatic amines is 1. The molecular formula is C30H25N3O5. The molecule has 1 amide bonds. The van der Waals surface area contributed by atoms with Crippen molar-refractivity contribution in [3.05, 3.63) is 84.1 Å². The summed E-state index contributed by atoms with van der Waals surface area (Å²) < 4.78 is 21.7. The van der Waals surface area contributed by atoms with E-state index in [1.165, 1.54) is 6.08 Å². The molecule has 8 heteroatoms. The van der Waals surface area contributed by atoms with Gasteiger partial charge in [0.1, 0.15) is 11.5 Å². The molecule has 0 fully saturated rings. The molecule has 190 valence electrons. The van der Waals surface area contributed by atoms with Crippen molar-refractivity contribution in [2.75, 3.05) is 21.0 Å². The third-order valence-corrected chi connectivity index (χ3v) is 6.49. The van der Waals surface area contributed by atoms with Gasteiger partial charge in [0.15, 0.2) is 11.5 Å². The highest BCUT2D eigenvalue weighted by molar-refractivity contribution is 6.11. The first-order chi connectivity index (χ1) is 18.6. The minimum atomic E-state index is -0.250. The standard InChI is InChI=1S/C30H25N3O5/c1-35-21-9-11-25(36-2)18(13-21)8-12-28(34)31-16-20-15-23-22-5-3-4-6-24(22)33-30(23)29(32-20)19-7-10-26-27(14-19)38-17-37-26/h3-15,33H,16-17H2,1-2H3,(H,31,34)/b12-8+. The average molecular weight is 508 g/mol. The van der Waals surface area contributed by atoms with Crippen molar-refractivity contribution in [1.29, 1.82) is 0 Å². The Balaban J connectivity index is 1.31. The Labute approximate surface area is 218 Å². The monoisotopic (exact) mass is 507 g/mol. The third-order valence-electron chi connectivity index (χ3n) is 6.49. The largest absolute Gasteiger partial charge is 0.497 e. The average Bonchev–Trinajstić information content (AvgIpc) is 3.58. The lowest BCUT2D eigenvalue weighted by Gasteiger charge is -2.09. The number of carbonyl (C=O) groups is 1. The van der Waals surface area contributed by atoms with Gasteiger partial charge in [0.2, 0.25) is 12.7 Å². The first-order valence-electron chi connectivity index (χ1n) is 12.1. The van der Waals surface area contributed by atoms with Crippen molar-refractivity contribution in [3.63, 3.8) is 0 Å². The van der Waals surface area contributed by atoms with Gasteiger partial charge in [-0.3, -0.25) is 4.79 Å². The first-order valence-corrected chi connectivity index (χ1v) is 12.1. The number of methoxy groups -OCH3 is 2. The van der Waals surface area contributed by atoms with Gasteiger partial charge in [-0.05, 0) is 54.6 Å². The van der Waals surface area contributed by atoms with E-state index in [1.54, 1.807) is 32.4 Å². The molecule has 0 atom stereocenters. The summed E-state index contributed by atoms with van der Waals surface area (Å²) in [6.07, 6.45) is 3.17. The predicted octanol–water partition coefficient (Wildman–Crippen LogP) is 5.46. The predicted molar refractivity (Wildman–Crippen MR) is 146 cm³/mol. The van der Waals surface area contributed by atoms with Crippen LogP contribution in [0.2, 0.25) is 0 Å². The van der Waals surface area contributed by atoms with E-state index < -0.39 is 0 Å². The zero-order chi connectivity index (χ0) is 26.1. The minimum Gasteiger partial charge on any atom is -0.497 e. The number of pyridine rings is 1. The lowest BCUT2D eigenvalue weighted by molar-refractivity contribution is -0.116. The van der Waals surface area contributed by atoms with Crippen molar-refractivity contribution in [2.24, 2.45) is 0 Å². The lowest BCUT2D eigenvalue weighted by atomic mass is 10.1. The molecule has 1 aliphatic rings. The highest BCUT2D eigenvalue weighted by Gasteiger charge is 2.18. The summed E-state index contributed by atoms with van der Waals surface area (Å²) in [5.74, 6) is 2.48. The van der Waals surface area contributed by atoms with Crippen molar-refractivity contribution >= 4 is 33.8 Å². The zero-order valence-electron chi connectivity index (χ0n) is 20.9. The van der Waals surface area contributed by atoms with Crippen LogP contribution in [0.1, 0.15) is 11.3 Å². The number of hydrogen-bond acceptors (Lipinski definition) is 6. The Morgan fingerprint density at radius 1 is 1.00 bits per heavy atom. The zero-order valence-corrected chi connectivity index (χ0v) is 20.9. The van der Waals surface area contributed by atoms with E-state index in [-0.39, 0.29) is 19.2 Å². The molecule has 38 heavy (non-hydrogen) atoms. The number of carbonyl (C=O) groups excluding carboxylic acids is 1. The highest BCUT2D eigenvalue weighted by Crippen LogP contribution is 2.38. The number of nitrogens with zero attached hydrogens (tertiary/aromatic N) is 1. The third kappa shape index (κ3) is 4.37. The first kappa shape index (κ1) is 23.4. The Bertz CT molecular complexity index is 1710. The van der Waals surface area contributed by atoms with Crippen LogP contribution in [0.5, 0.6) is 23.0 Å². The Kier molecular flexibility index (Phi) is 6.05. The van der Waals surface area contributed by atoms with Crippen LogP contribution in [0.15, 0.2) is 72.8 Å². The number of para-hydroxylation sites is 1. The molecule has 0 aliphatic carbocycles. The van der Waals surface area contributed by atoms with E-state index in [4.69, 9.17) is 23.9 Å². The van der Waals surface area contributed by atoms with Crippen LogP contribution >= 0.6 is 0 Å². The molecule has 1 aliphatic heterocycles. The van der Waals surface area contributed by atoms with Gasteiger partial charge in [0.05, 0.1) is 37.7 Å². The molecule has 0 spiro atoms. The van der Waals surface area contributed by atoms with Crippen molar-refractivity contribution in [3.8, 4) is 34.3 Å². The maximum Gasteiger partial charge on any atom is 0.244 e. The second kappa shape index (κ2) is 9.82. The molecule has 0 saturated carbocycles. The maximum absolute atomic E-state index is 12.7. The molecule has 8 nitrogen and oxygen atoms in total. The Morgan fingerprint density at radius 2 is 1.87 bits per heavy atom. The number of H-pyrrole nitrogens is 1. The number of rotatable bonds is 7. The summed E-state index contributed by atoms with van der Waals surface area (Å²) in [5, 5.41) is 5.06. The van der Waals surface area contributed by atoms with Crippen LogP contribution in [0, 0.1) is 0 Å². The van der Waals surface area contributed by atoms with E-state index in [9.17, 15) is 4.79 Å². The van der Waals surface area contributed by atoms with Crippen LogP contribution < -0.4 is 24.3 Å². The van der Waals surface area contributed by atoms with Crippen LogP contribution in [-0.4, -0.2) is 36.9 Å². The van der Waals surface area contributed by atoms with Gasteiger partial charge < -0.3 is 29.2 Å². The van der Waals surface area contributed by atoms with E-state index in [2.05, 4.69) is 16.4 Å². The van der Waals surface area contributed by atoms with E-state index in [1.807, 2.05) is 48.5 Å². The lowest BCUT2D eigenvalue weighted by Crippen LogP contribution is -2.21. The van der Waals surface area contributed by atoms with Crippen molar-refractivity contribution < 1.29 is 23.7 Å². The fourth-order valence-corrected chi connectivity index (χ4v) is 4.61. The van der Waals surface area contributed by atoms with Crippen molar-refractivity contribution in [2.45, 2.75) is 6.54 Å². The van der Waals surface area contributed by atoms with Gasteiger partial charge in [0, 0.05) is 33.5 Å². The summed E-state index contributed by atoms with van der Waals surface area (Å²) in [4.78, 5) is 21.2. The number of amides is 1. The molecule has 3 heterocycles. The molecule has 0 unspecified atom stereocenters. The van der Waals surface area contributed by atoms with Gasteiger partial charge in [-0.15, -0.1) is 0 Å². The van der Waals surface area contributed by atoms with Crippen LogP contribution in [0.3, 0.4) is 0 Å². The highest BCUT2D eigenvalue weighted by atomic mass is 16.7. The second-order valence-electron chi connectivity index (χ2n) is 8.78. The Morgan fingerprint density at radius 3 is 2.74 bits per heavy atom. The minimum absolute atomic E-state index is 0.204. The topological polar surface area (TPSA) is 94.7 Å². The molecule has 5 aromatic rings. The van der Waals surface area contributed by atoms with Crippen LogP contribution in [0.25, 0.3) is 39.1 Å². The molecular weight excluding hydrogens is 482 g/mol. The summed E-state index contributed by atoms with van der Waals surface area (Å²) in [6.45, 7) is 0.459. The van der Waals surface area contributed by atoms with Gasteiger partial charge in [-0.2, -0.15) is 0 Å². The van der Waals surface area contributed by atoms with Crippen LogP contribution in [-0.2, 0) is 11.3 Å².